The van der Waals surface area contributed by atoms with Crippen LogP contribution in [0.5, 0.6) is 0 Å². The van der Waals surface area contributed by atoms with Crippen LogP contribution in [0.15, 0.2) is 36.4 Å². The van der Waals surface area contributed by atoms with Gasteiger partial charge in [0.1, 0.15) is 0 Å². The molecule has 0 aliphatic carbocycles. The maximum atomic E-state index is 12.2. The van der Waals surface area contributed by atoms with Crippen LogP contribution in [0.1, 0.15) is 32.3 Å². The predicted molar refractivity (Wildman–Crippen MR) is 105 cm³/mol. The van der Waals surface area contributed by atoms with Crippen molar-refractivity contribution < 1.29 is 4.79 Å². The molecule has 5 heteroatoms. The van der Waals surface area contributed by atoms with Crippen LogP contribution in [0.2, 0.25) is 0 Å². The van der Waals surface area contributed by atoms with Gasteiger partial charge in [-0.15, -0.1) is 10.2 Å². The molecule has 1 aliphatic heterocycles. The van der Waals surface area contributed by atoms with Gasteiger partial charge in [-0.25, -0.2) is 0 Å². The van der Waals surface area contributed by atoms with E-state index in [2.05, 4.69) is 59.4 Å². The number of aryl methyl sites for hydroxylation is 1. The lowest BCUT2D eigenvalue weighted by Crippen LogP contribution is -2.41. The fourth-order valence-corrected chi connectivity index (χ4v) is 3.27. The molecule has 2 heterocycles. The summed E-state index contributed by atoms with van der Waals surface area (Å²) >= 11 is 0. The number of nitrogens with one attached hydrogen (secondary N) is 1. The van der Waals surface area contributed by atoms with Crippen LogP contribution in [0, 0.1) is 18.8 Å². The Labute approximate surface area is 155 Å². The zero-order chi connectivity index (χ0) is 18.5. The van der Waals surface area contributed by atoms with Crippen LogP contribution in [0.25, 0.3) is 11.3 Å². The first-order valence-electron chi connectivity index (χ1n) is 9.46. The number of benzene rings is 1. The van der Waals surface area contributed by atoms with Crippen LogP contribution in [0.3, 0.4) is 0 Å². The molecule has 0 saturated carbocycles. The topological polar surface area (TPSA) is 58.1 Å². The summed E-state index contributed by atoms with van der Waals surface area (Å²) < 4.78 is 0. The minimum Gasteiger partial charge on any atom is -0.356 e. The monoisotopic (exact) mass is 352 g/mol. The van der Waals surface area contributed by atoms with E-state index in [1.54, 1.807) is 0 Å². The van der Waals surface area contributed by atoms with Gasteiger partial charge in [-0.2, -0.15) is 0 Å². The minimum absolute atomic E-state index is 0.115. The number of hydrogen-bond acceptors (Lipinski definition) is 4. The Kier molecular flexibility index (Phi) is 5.86. The molecule has 0 atom stereocenters. The highest BCUT2D eigenvalue weighted by Gasteiger charge is 2.25. The second kappa shape index (κ2) is 8.30. The number of rotatable bonds is 5. The number of aromatic nitrogens is 2. The minimum atomic E-state index is 0.115. The first-order chi connectivity index (χ1) is 12.5. The first-order valence-corrected chi connectivity index (χ1v) is 9.46. The third-order valence-corrected chi connectivity index (χ3v) is 4.84. The predicted octanol–water partition coefficient (Wildman–Crippen LogP) is 3.44. The Hall–Kier alpha value is -2.43. The quantitative estimate of drug-likeness (QED) is 0.895. The molecular weight excluding hydrogens is 324 g/mol. The lowest BCUT2D eigenvalue weighted by Gasteiger charge is -2.32. The summed E-state index contributed by atoms with van der Waals surface area (Å²) in [5, 5.41) is 11.9. The van der Waals surface area contributed by atoms with E-state index < -0.39 is 0 Å². The molecule has 1 N–H and O–H groups in total. The largest absolute Gasteiger partial charge is 0.356 e. The van der Waals surface area contributed by atoms with E-state index in [1.165, 1.54) is 5.56 Å². The van der Waals surface area contributed by atoms with E-state index in [0.717, 1.165) is 49.6 Å². The van der Waals surface area contributed by atoms with Crippen LogP contribution >= 0.6 is 0 Å². The van der Waals surface area contributed by atoms with E-state index in [1.807, 2.05) is 18.2 Å². The molecule has 1 amide bonds. The van der Waals surface area contributed by atoms with Crippen molar-refractivity contribution in [2.75, 3.05) is 24.5 Å². The van der Waals surface area contributed by atoms with Crippen molar-refractivity contribution >= 4 is 11.7 Å². The summed E-state index contributed by atoms with van der Waals surface area (Å²) in [6.07, 6.45) is 1.73. The molecule has 1 aromatic heterocycles. The molecule has 1 aromatic carbocycles. The Morgan fingerprint density at radius 2 is 1.96 bits per heavy atom. The average molecular weight is 352 g/mol. The van der Waals surface area contributed by atoms with Gasteiger partial charge in [-0.1, -0.05) is 37.6 Å². The Bertz CT molecular complexity index is 734. The van der Waals surface area contributed by atoms with Gasteiger partial charge in [0, 0.05) is 31.1 Å². The molecular formula is C21H28N4O. The molecule has 1 saturated heterocycles. The molecule has 1 fully saturated rings. The molecule has 0 radical (unpaired) electrons. The zero-order valence-electron chi connectivity index (χ0n) is 15.9. The number of piperidine rings is 1. The van der Waals surface area contributed by atoms with E-state index >= 15 is 0 Å². The maximum absolute atomic E-state index is 12.2. The summed E-state index contributed by atoms with van der Waals surface area (Å²) in [6.45, 7) is 8.75. The van der Waals surface area contributed by atoms with Crippen LogP contribution in [-0.4, -0.2) is 35.7 Å². The van der Waals surface area contributed by atoms with Crippen molar-refractivity contribution in [3.63, 3.8) is 0 Å². The molecule has 5 nitrogen and oxygen atoms in total. The summed E-state index contributed by atoms with van der Waals surface area (Å²) in [4.78, 5) is 14.4. The molecule has 0 bridgehead atoms. The second-order valence-corrected chi connectivity index (χ2v) is 7.55. The van der Waals surface area contributed by atoms with Crippen LogP contribution in [0.4, 0.5) is 5.82 Å². The van der Waals surface area contributed by atoms with Crippen LogP contribution in [-0.2, 0) is 4.79 Å². The molecule has 0 unspecified atom stereocenters. The van der Waals surface area contributed by atoms with Gasteiger partial charge in [0.2, 0.25) is 5.91 Å². The van der Waals surface area contributed by atoms with Crippen molar-refractivity contribution in [3.05, 3.63) is 42.0 Å². The highest BCUT2D eigenvalue weighted by Crippen LogP contribution is 2.24. The highest BCUT2D eigenvalue weighted by molar-refractivity contribution is 5.79. The first kappa shape index (κ1) is 18.4. The van der Waals surface area contributed by atoms with Crippen molar-refractivity contribution in [1.82, 2.24) is 15.5 Å². The van der Waals surface area contributed by atoms with E-state index in [-0.39, 0.29) is 11.8 Å². The Morgan fingerprint density at radius 1 is 1.19 bits per heavy atom. The lowest BCUT2D eigenvalue weighted by molar-refractivity contribution is -0.125. The van der Waals surface area contributed by atoms with Gasteiger partial charge < -0.3 is 10.2 Å². The fourth-order valence-electron chi connectivity index (χ4n) is 3.27. The smallest absolute Gasteiger partial charge is 0.223 e. The van der Waals surface area contributed by atoms with Gasteiger partial charge in [0.05, 0.1) is 5.69 Å². The maximum Gasteiger partial charge on any atom is 0.223 e. The lowest BCUT2D eigenvalue weighted by atomic mass is 9.95. The standard InChI is InChI=1S/C21H28N4O/c1-15(2)14-22-21(26)17-9-11-25(12-10-17)20-8-7-19(23-24-20)18-6-4-5-16(3)13-18/h4-8,13,15,17H,9-12,14H2,1-3H3,(H,22,26). The Balaban J connectivity index is 1.57. The number of nitrogens with zero attached hydrogens (tertiary/aromatic N) is 3. The van der Waals surface area contributed by atoms with Gasteiger partial charge in [0.25, 0.3) is 0 Å². The van der Waals surface area contributed by atoms with Crippen molar-refractivity contribution in [2.45, 2.75) is 33.6 Å². The fraction of sp³-hybridized carbons (Fsp3) is 0.476. The summed E-state index contributed by atoms with van der Waals surface area (Å²) in [5.41, 5.74) is 3.19. The number of amides is 1. The second-order valence-electron chi connectivity index (χ2n) is 7.55. The molecule has 0 spiro atoms. The number of anilines is 1. The molecule has 3 rings (SSSR count). The zero-order valence-corrected chi connectivity index (χ0v) is 15.9. The van der Waals surface area contributed by atoms with E-state index in [0.29, 0.717) is 5.92 Å². The van der Waals surface area contributed by atoms with Gasteiger partial charge in [-0.05, 0) is 43.9 Å². The van der Waals surface area contributed by atoms with Crippen molar-refractivity contribution in [2.24, 2.45) is 11.8 Å². The summed E-state index contributed by atoms with van der Waals surface area (Å²) in [5.74, 6) is 1.69. The van der Waals surface area contributed by atoms with Crippen molar-refractivity contribution in [1.29, 1.82) is 0 Å². The SMILES string of the molecule is Cc1cccc(-c2ccc(N3CCC(C(=O)NCC(C)C)CC3)nn2)c1. The molecule has 2 aromatic rings. The summed E-state index contributed by atoms with van der Waals surface area (Å²) in [6, 6.07) is 12.3. The van der Waals surface area contributed by atoms with Gasteiger partial charge >= 0.3 is 0 Å². The summed E-state index contributed by atoms with van der Waals surface area (Å²) in [7, 11) is 0. The number of hydrogen-bond donors (Lipinski definition) is 1. The van der Waals surface area contributed by atoms with Gasteiger partial charge in [0.15, 0.2) is 5.82 Å². The van der Waals surface area contributed by atoms with E-state index in [9.17, 15) is 4.79 Å². The number of carbonyl (C=O) groups excluding carboxylic acids is 1. The average Bonchev–Trinajstić information content (AvgIpc) is 2.66. The molecule has 138 valence electrons. The highest BCUT2D eigenvalue weighted by atomic mass is 16.1. The van der Waals surface area contributed by atoms with Crippen LogP contribution < -0.4 is 10.2 Å². The molecule has 26 heavy (non-hydrogen) atoms. The van der Waals surface area contributed by atoms with Crippen molar-refractivity contribution in [3.8, 4) is 11.3 Å². The van der Waals surface area contributed by atoms with Gasteiger partial charge in [-0.3, -0.25) is 4.79 Å². The third-order valence-electron chi connectivity index (χ3n) is 4.84. The normalized spacial score (nSPS) is 15.3. The number of carbonyl (C=O) groups is 1. The Morgan fingerprint density at radius 3 is 2.58 bits per heavy atom. The van der Waals surface area contributed by atoms with E-state index in [4.69, 9.17) is 0 Å². The molecule has 1 aliphatic rings. The third kappa shape index (κ3) is 4.59.